The van der Waals surface area contributed by atoms with Crippen LogP contribution in [0.2, 0.25) is 0 Å². The molecule has 0 aromatic carbocycles. The second-order valence-corrected chi connectivity index (χ2v) is 2.96. The van der Waals surface area contributed by atoms with Gasteiger partial charge in [0.1, 0.15) is 0 Å². The number of nitrogens with two attached hydrogens (primary N) is 1. The molecule has 40 valence electrons. The van der Waals surface area contributed by atoms with Gasteiger partial charge in [0, 0.05) is 25.7 Å². The minimum absolute atomic E-state index is 0.819. The molecule has 1 aliphatic carbocycles. The summed E-state index contributed by atoms with van der Waals surface area (Å²) in [5, 5.41) is 2.53. The molecule has 0 radical (unpaired) electrons. The summed E-state index contributed by atoms with van der Waals surface area (Å²) in [6.45, 7) is 1.40. The van der Waals surface area contributed by atoms with E-state index < -0.39 is 0 Å². The topological polar surface area (TPSA) is 16.6 Å². The van der Waals surface area contributed by atoms with E-state index in [-0.39, 0.29) is 0 Å². The van der Waals surface area contributed by atoms with Crippen LogP contribution in [0.25, 0.3) is 0 Å². The minimum atomic E-state index is 0.819. The van der Waals surface area contributed by atoms with Crippen molar-refractivity contribution in [3.8, 4) is 0 Å². The fourth-order valence-corrected chi connectivity index (χ4v) is 1.58. The van der Waals surface area contributed by atoms with Crippen molar-refractivity contribution in [1.29, 1.82) is 0 Å². The molecule has 2 fully saturated rings. The van der Waals surface area contributed by atoms with E-state index >= 15 is 0 Å². The molecule has 0 atom stereocenters. The molecular weight excluding hydrogens is 86.1 g/mol. The van der Waals surface area contributed by atoms with Gasteiger partial charge in [0.2, 0.25) is 0 Å². The quantitative estimate of drug-likeness (QED) is 0.435. The van der Waals surface area contributed by atoms with Gasteiger partial charge in [-0.2, -0.15) is 0 Å². The van der Waals surface area contributed by atoms with Gasteiger partial charge in [0.15, 0.2) is 0 Å². The van der Waals surface area contributed by atoms with Crippen LogP contribution in [0.4, 0.5) is 0 Å². The molecule has 0 unspecified atom stereocenters. The molecule has 1 heterocycles. The lowest BCUT2D eigenvalue weighted by Crippen LogP contribution is -2.88. The van der Waals surface area contributed by atoms with Gasteiger partial charge in [-0.1, -0.05) is 0 Å². The van der Waals surface area contributed by atoms with Gasteiger partial charge in [0.25, 0.3) is 0 Å². The number of hydrogen-bond donors (Lipinski definition) is 1. The van der Waals surface area contributed by atoms with Gasteiger partial charge < -0.3 is 5.32 Å². The predicted octanol–water partition coefficient (Wildman–Crippen LogP) is -0.124. The molecule has 0 bridgehead atoms. The van der Waals surface area contributed by atoms with Crippen LogP contribution in [0.5, 0.6) is 0 Å². The second-order valence-electron chi connectivity index (χ2n) is 2.96. The molecule has 0 amide bonds. The molecule has 1 nitrogen and oxygen atoms in total. The highest BCUT2D eigenvalue weighted by Crippen LogP contribution is 2.37. The Morgan fingerprint density at radius 1 is 1.14 bits per heavy atom. The summed E-state index contributed by atoms with van der Waals surface area (Å²) in [5.74, 6) is 0. The Kier molecular flexibility index (Phi) is 0.571. The fourth-order valence-electron chi connectivity index (χ4n) is 1.58. The first kappa shape index (κ1) is 3.90. The summed E-state index contributed by atoms with van der Waals surface area (Å²) in [7, 11) is 0. The van der Waals surface area contributed by atoms with Crippen LogP contribution in [-0.4, -0.2) is 12.1 Å². The molecule has 1 saturated heterocycles. The van der Waals surface area contributed by atoms with E-state index in [0.29, 0.717) is 0 Å². The van der Waals surface area contributed by atoms with Crippen LogP contribution in [0, 0.1) is 0 Å². The lowest BCUT2D eigenvalue weighted by atomic mass is 10.2. The van der Waals surface area contributed by atoms with Crippen LogP contribution in [0.3, 0.4) is 0 Å². The van der Waals surface area contributed by atoms with Crippen molar-refractivity contribution in [2.45, 2.75) is 31.2 Å². The van der Waals surface area contributed by atoms with Crippen molar-refractivity contribution in [1.82, 2.24) is 0 Å². The maximum atomic E-state index is 2.53. The standard InChI is InChI=1S/C6H11N/c1-2-6(3-4-6)7-5-1/h7H,1-5H2/p+1. The van der Waals surface area contributed by atoms with Gasteiger partial charge in [-0.05, 0) is 0 Å². The smallest absolute Gasteiger partial charge is 0.0968 e. The lowest BCUT2D eigenvalue weighted by molar-refractivity contribution is -0.683. The predicted molar refractivity (Wildman–Crippen MR) is 28.0 cm³/mol. The summed E-state index contributed by atoms with van der Waals surface area (Å²) in [4.78, 5) is 0. The van der Waals surface area contributed by atoms with Gasteiger partial charge in [-0.15, -0.1) is 0 Å². The average molecular weight is 98.2 g/mol. The molecule has 2 rings (SSSR count). The molecule has 1 spiro atoms. The highest BCUT2D eigenvalue weighted by Gasteiger charge is 2.48. The van der Waals surface area contributed by atoms with E-state index in [1.165, 1.54) is 32.2 Å². The van der Waals surface area contributed by atoms with Crippen molar-refractivity contribution >= 4 is 0 Å². The summed E-state index contributed by atoms with van der Waals surface area (Å²) >= 11 is 0. The van der Waals surface area contributed by atoms with Crippen LogP contribution < -0.4 is 5.32 Å². The number of quaternary nitrogens is 1. The first-order valence-corrected chi connectivity index (χ1v) is 3.26. The summed E-state index contributed by atoms with van der Waals surface area (Å²) in [6, 6.07) is 0. The van der Waals surface area contributed by atoms with E-state index in [4.69, 9.17) is 0 Å². The normalized spacial score (nSPS) is 34.3. The molecule has 1 aliphatic heterocycles. The van der Waals surface area contributed by atoms with E-state index in [1.807, 2.05) is 0 Å². The molecule has 7 heavy (non-hydrogen) atoms. The SMILES string of the molecule is C1C[NH2+]C2(C1)CC2. The third kappa shape index (κ3) is 0.480. The van der Waals surface area contributed by atoms with Crippen molar-refractivity contribution in [2.75, 3.05) is 6.54 Å². The Hall–Kier alpha value is -0.0400. The van der Waals surface area contributed by atoms with E-state index in [2.05, 4.69) is 5.32 Å². The number of hydrogen-bond acceptors (Lipinski definition) is 0. The maximum absolute atomic E-state index is 2.53. The molecular formula is C6H12N+. The third-order valence-corrected chi connectivity index (χ3v) is 2.35. The summed E-state index contributed by atoms with van der Waals surface area (Å²) < 4.78 is 0. The first-order chi connectivity index (χ1) is 3.41. The first-order valence-electron chi connectivity index (χ1n) is 3.26. The minimum Gasteiger partial charge on any atom is -0.341 e. The maximum Gasteiger partial charge on any atom is 0.0968 e. The fraction of sp³-hybridized carbons (Fsp3) is 1.00. The Morgan fingerprint density at radius 3 is 2.29 bits per heavy atom. The Morgan fingerprint density at radius 2 is 2.00 bits per heavy atom. The summed E-state index contributed by atoms with van der Waals surface area (Å²) in [6.07, 6.45) is 5.99. The second kappa shape index (κ2) is 1.03. The molecule has 1 heteroatoms. The van der Waals surface area contributed by atoms with Crippen molar-refractivity contribution in [3.05, 3.63) is 0 Å². The Balaban J connectivity index is 2.07. The van der Waals surface area contributed by atoms with Gasteiger partial charge in [0.05, 0.1) is 12.1 Å². The zero-order chi connectivity index (χ0) is 4.74. The largest absolute Gasteiger partial charge is 0.341 e. The zero-order valence-electron chi connectivity index (χ0n) is 4.61. The highest BCUT2D eigenvalue weighted by molar-refractivity contribution is 4.94. The van der Waals surface area contributed by atoms with E-state index in [1.54, 1.807) is 0 Å². The Labute approximate surface area is 44.1 Å². The third-order valence-electron chi connectivity index (χ3n) is 2.35. The van der Waals surface area contributed by atoms with Crippen molar-refractivity contribution in [3.63, 3.8) is 0 Å². The molecule has 1 saturated carbocycles. The molecule has 0 aromatic heterocycles. The van der Waals surface area contributed by atoms with Gasteiger partial charge in [-0.25, -0.2) is 0 Å². The lowest BCUT2D eigenvalue weighted by Gasteiger charge is -1.97. The highest BCUT2D eigenvalue weighted by atomic mass is 15.0. The van der Waals surface area contributed by atoms with Crippen LogP contribution in [0.1, 0.15) is 25.7 Å². The summed E-state index contributed by atoms with van der Waals surface area (Å²) in [5.41, 5.74) is 0.819. The van der Waals surface area contributed by atoms with Gasteiger partial charge >= 0.3 is 0 Å². The van der Waals surface area contributed by atoms with Crippen molar-refractivity contribution in [2.24, 2.45) is 0 Å². The van der Waals surface area contributed by atoms with Gasteiger partial charge in [-0.3, -0.25) is 0 Å². The van der Waals surface area contributed by atoms with E-state index in [0.717, 1.165) is 5.54 Å². The number of rotatable bonds is 0. The average Bonchev–Trinajstić information content (AvgIpc) is 2.15. The van der Waals surface area contributed by atoms with Crippen LogP contribution in [0.15, 0.2) is 0 Å². The van der Waals surface area contributed by atoms with E-state index in [9.17, 15) is 0 Å². The van der Waals surface area contributed by atoms with Crippen LogP contribution in [-0.2, 0) is 0 Å². The Bertz CT molecular complexity index is 76.2. The van der Waals surface area contributed by atoms with Crippen LogP contribution >= 0.6 is 0 Å². The van der Waals surface area contributed by atoms with Crippen molar-refractivity contribution < 1.29 is 5.32 Å². The molecule has 2 N–H and O–H groups in total. The monoisotopic (exact) mass is 98.1 g/mol. The zero-order valence-corrected chi connectivity index (χ0v) is 4.61. The molecule has 2 aliphatic rings. The molecule has 0 aromatic rings.